The topological polar surface area (TPSA) is 111 Å². The summed E-state index contributed by atoms with van der Waals surface area (Å²) in [6.45, 7) is 6.67. The number of imidazole rings is 1. The summed E-state index contributed by atoms with van der Waals surface area (Å²) in [6.07, 6.45) is -1.45. The van der Waals surface area contributed by atoms with E-state index in [0.29, 0.717) is 27.3 Å². The van der Waals surface area contributed by atoms with Gasteiger partial charge in [0.25, 0.3) is 0 Å². The van der Waals surface area contributed by atoms with E-state index in [1.54, 1.807) is 18.2 Å². The Labute approximate surface area is 265 Å². The third kappa shape index (κ3) is 6.11. The Morgan fingerprint density at radius 2 is 1.85 bits per heavy atom. The largest absolute Gasteiger partial charge is 0.573 e. The second-order valence-electron chi connectivity index (χ2n) is 11.1. The number of nitrogens with one attached hydrogen (secondary N) is 1. The van der Waals surface area contributed by atoms with Crippen molar-refractivity contribution in [3.63, 3.8) is 0 Å². The second-order valence-corrected chi connectivity index (χ2v) is 12.1. The van der Waals surface area contributed by atoms with Gasteiger partial charge in [-0.05, 0) is 55.8 Å². The zero-order valence-corrected chi connectivity index (χ0v) is 25.8. The van der Waals surface area contributed by atoms with Crippen molar-refractivity contribution in [3.8, 4) is 27.9 Å². The molecule has 0 amide bonds. The molecule has 5 aromatic rings. The van der Waals surface area contributed by atoms with Crippen molar-refractivity contribution >= 4 is 44.8 Å². The number of hydrogen-bond donors (Lipinski definition) is 1. The fourth-order valence-electron chi connectivity index (χ4n) is 5.67. The third-order valence-electron chi connectivity index (χ3n) is 8.12. The van der Waals surface area contributed by atoms with Crippen LogP contribution in [0.4, 0.5) is 29.7 Å². The minimum atomic E-state index is -4.76. The lowest BCUT2D eigenvalue weighted by atomic mass is 10.2. The molecule has 2 fully saturated rings. The van der Waals surface area contributed by atoms with Crippen LogP contribution in [0.5, 0.6) is 5.75 Å². The minimum absolute atomic E-state index is 0.253. The molecule has 1 aliphatic heterocycles. The minimum Gasteiger partial charge on any atom is -0.465 e. The Kier molecular flexibility index (Phi) is 7.80. The zero-order valence-electron chi connectivity index (χ0n) is 25.0. The number of aromatic nitrogens is 4. The van der Waals surface area contributed by atoms with Gasteiger partial charge >= 0.3 is 12.3 Å². The molecule has 2 aliphatic rings. The summed E-state index contributed by atoms with van der Waals surface area (Å²) in [5, 5.41) is 13.1. The number of carbonyl (C=O) groups excluding carboxylic acids is 1. The highest BCUT2D eigenvalue weighted by Gasteiger charge is 2.32. The number of halogens is 3. The number of nitrogens with zero attached hydrogens (tertiary/aromatic N) is 6. The third-order valence-corrected chi connectivity index (χ3v) is 8.98. The van der Waals surface area contributed by atoms with Gasteiger partial charge in [-0.2, -0.15) is 0 Å². The van der Waals surface area contributed by atoms with Gasteiger partial charge in [-0.1, -0.05) is 18.3 Å². The maximum absolute atomic E-state index is 12.8. The number of ether oxygens (including phenoxy) is 2. The molecule has 1 saturated heterocycles. The van der Waals surface area contributed by atoms with E-state index in [1.807, 2.05) is 6.07 Å². The van der Waals surface area contributed by atoms with Gasteiger partial charge in [0, 0.05) is 43.9 Å². The SMILES string of the molecule is CCN1CCN(c2cc3c(cc2Nc2nnc(-c4cc(C(=O)OC)co4)s2)nc(-c2ccc(OC(F)(F)F)cc2)n3C2CC2)CC1. The molecule has 0 radical (unpaired) electrons. The average molecular weight is 654 g/mol. The van der Waals surface area contributed by atoms with Crippen molar-refractivity contribution in [2.24, 2.45) is 0 Å². The van der Waals surface area contributed by atoms with Gasteiger partial charge in [0.15, 0.2) is 10.8 Å². The fraction of sp³-hybridized carbons (Fsp3) is 0.355. The summed E-state index contributed by atoms with van der Waals surface area (Å²) in [4.78, 5) is 21.6. The summed E-state index contributed by atoms with van der Waals surface area (Å²) in [5.74, 6) is 0.302. The van der Waals surface area contributed by atoms with Crippen LogP contribution in [0.3, 0.4) is 0 Å². The monoisotopic (exact) mass is 653 g/mol. The van der Waals surface area contributed by atoms with E-state index in [-0.39, 0.29) is 17.4 Å². The highest BCUT2D eigenvalue weighted by molar-refractivity contribution is 7.18. The van der Waals surface area contributed by atoms with Gasteiger partial charge in [0.1, 0.15) is 17.8 Å². The first kappa shape index (κ1) is 30.0. The summed E-state index contributed by atoms with van der Waals surface area (Å²) in [6, 6.07) is 11.8. The molecule has 0 bridgehead atoms. The van der Waals surface area contributed by atoms with Gasteiger partial charge in [-0.15, -0.1) is 23.4 Å². The van der Waals surface area contributed by atoms with Crippen LogP contribution >= 0.6 is 11.3 Å². The molecule has 11 nitrogen and oxygen atoms in total. The molecule has 15 heteroatoms. The summed E-state index contributed by atoms with van der Waals surface area (Å²) < 4.78 is 54.9. The van der Waals surface area contributed by atoms with Gasteiger partial charge in [0.05, 0.1) is 35.1 Å². The molecule has 46 heavy (non-hydrogen) atoms. The number of carbonyl (C=O) groups is 1. The Morgan fingerprint density at radius 1 is 1.09 bits per heavy atom. The Bertz CT molecular complexity index is 1870. The quantitative estimate of drug-likeness (QED) is 0.172. The van der Waals surface area contributed by atoms with Crippen LogP contribution in [0.1, 0.15) is 36.2 Å². The van der Waals surface area contributed by atoms with Gasteiger partial charge in [0.2, 0.25) is 5.13 Å². The maximum atomic E-state index is 12.8. The summed E-state index contributed by atoms with van der Waals surface area (Å²) in [5.41, 5.74) is 4.48. The number of benzene rings is 2. The fourth-order valence-corrected chi connectivity index (χ4v) is 6.39. The molecule has 1 aliphatic carbocycles. The molecular weight excluding hydrogens is 623 g/mol. The van der Waals surface area contributed by atoms with Gasteiger partial charge in [-0.25, -0.2) is 9.78 Å². The summed E-state index contributed by atoms with van der Waals surface area (Å²) in [7, 11) is 1.30. The first-order valence-corrected chi connectivity index (χ1v) is 15.7. The first-order chi connectivity index (χ1) is 22.2. The molecule has 0 atom stereocenters. The first-order valence-electron chi connectivity index (χ1n) is 14.9. The van der Waals surface area contributed by atoms with Crippen LogP contribution in [-0.4, -0.2) is 76.8 Å². The van der Waals surface area contributed by atoms with Crippen LogP contribution < -0.4 is 15.0 Å². The highest BCUT2D eigenvalue weighted by Crippen LogP contribution is 2.44. The molecule has 2 aromatic carbocycles. The number of anilines is 3. The smallest absolute Gasteiger partial charge is 0.465 e. The number of piperazine rings is 1. The number of methoxy groups -OCH3 is 1. The molecule has 3 aromatic heterocycles. The highest BCUT2D eigenvalue weighted by atomic mass is 32.1. The standard InChI is InChI=1S/C31H30F3N7O4S/c1-3-39-10-12-40(13-11-39)24-16-25-23(15-22(24)36-30-38-37-28(46-30)26-14-19(17-44-26)29(42)43-2)35-27(41(25)20-6-7-20)18-4-8-21(9-5-18)45-31(32,33)34/h4-5,8-9,14-17,20H,3,6-7,10-13H2,1-2H3,(H,36,38). The summed E-state index contributed by atoms with van der Waals surface area (Å²) >= 11 is 1.28. The Morgan fingerprint density at radius 3 is 2.52 bits per heavy atom. The van der Waals surface area contributed by atoms with Crippen molar-refractivity contribution in [3.05, 3.63) is 54.3 Å². The predicted molar refractivity (Wildman–Crippen MR) is 167 cm³/mol. The van der Waals surface area contributed by atoms with Crippen LogP contribution in [0.2, 0.25) is 0 Å². The molecule has 1 N–H and O–H groups in total. The molecule has 0 unspecified atom stereocenters. The Balaban J connectivity index is 1.26. The van der Waals surface area contributed by atoms with Crippen LogP contribution in [0.15, 0.2) is 53.1 Å². The van der Waals surface area contributed by atoms with E-state index in [0.717, 1.165) is 68.0 Å². The molecule has 240 valence electrons. The number of likely N-dealkylation sites (N-methyl/N-ethyl adjacent to an activating group) is 1. The number of alkyl halides is 3. The number of rotatable bonds is 9. The van der Waals surface area contributed by atoms with Crippen LogP contribution in [-0.2, 0) is 4.74 Å². The van der Waals surface area contributed by atoms with E-state index >= 15 is 0 Å². The van der Waals surface area contributed by atoms with Gasteiger partial charge < -0.3 is 33.6 Å². The number of furan rings is 1. The maximum Gasteiger partial charge on any atom is 0.573 e. The van der Waals surface area contributed by atoms with Crippen molar-refractivity contribution in [2.75, 3.05) is 50.1 Å². The molecule has 1 saturated carbocycles. The van der Waals surface area contributed by atoms with Crippen molar-refractivity contribution in [1.82, 2.24) is 24.6 Å². The lowest BCUT2D eigenvalue weighted by Gasteiger charge is -2.36. The average Bonchev–Trinajstić information content (AvgIpc) is 3.41. The van der Waals surface area contributed by atoms with Crippen molar-refractivity contribution in [2.45, 2.75) is 32.2 Å². The second kappa shape index (κ2) is 11.9. The van der Waals surface area contributed by atoms with E-state index in [4.69, 9.17) is 14.1 Å². The van der Waals surface area contributed by atoms with E-state index in [9.17, 15) is 18.0 Å². The molecular formula is C31H30F3N7O4S. The zero-order chi connectivity index (χ0) is 32.0. The van der Waals surface area contributed by atoms with Crippen molar-refractivity contribution in [1.29, 1.82) is 0 Å². The molecule has 0 spiro atoms. The Hall–Kier alpha value is -4.63. The normalized spacial score (nSPS) is 15.8. The number of hydrogen-bond acceptors (Lipinski definition) is 11. The lowest BCUT2D eigenvalue weighted by molar-refractivity contribution is -0.274. The van der Waals surface area contributed by atoms with E-state index in [2.05, 4.69) is 47.6 Å². The van der Waals surface area contributed by atoms with E-state index < -0.39 is 12.3 Å². The molecule has 4 heterocycles. The van der Waals surface area contributed by atoms with Crippen LogP contribution in [0, 0.1) is 0 Å². The number of fused-ring (bicyclic) bond motifs is 1. The lowest BCUT2D eigenvalue weighted by Crippen LogP contribution is -2.46. The van der Waals surface area contributed by atoms with Gasteiger partial charge in [-0.3, -0.25) is 0 Å². The predicted octanol–water partition coefficient (Wildman–Crippen LogP) is 6.72. The van der Waals surface area contributed by atoms with Crippen LogP contribution in [0.25, 0.3) is 33.2 Å². The number of esters is 1. The molecule has 7 rings (SSSR count). The van der Waals surface area contributed by atoms with E-state index in [1.165, 1.54) is 36.8 Å². The van der Waals surface area contributed by atoms with Crippen molar-refractivity contribution < 1.29 is 31.9 Å².